The smallest absolute Gasteiger partial charge is 0.410 e. The number of hydrogen-bond donors (Lipinski definition) is 1. The van der Waals surface area contributed by atoms with E-state index in [2.05, 4.69) is 26.1 Å². The highest BCUT2D eigenvalue weighted by molar-refractivity contribution is 6.44. The van der Waals surface area contributed by atoms with Crippen LogP contribution in [0.5, 0.6) is 0 Å². The number of aryl methyl sites for hydroxylation is 1. The zero-order valence-electron chi connectivity index (χ0n) is 23.3. The van der Waals surface area contributed by atoms with E-state index in [1.807, 2.05) is 26.8 Å². The van der Waals surface area contributed by atoms with Crippen LogP contribution >= 0.6 is 11.6 Å². The van der Waals surface area contributed by atoms with Crippen LogP contribution < -0.4 is 5.32 Å². The fourth-order valence-electron chi connectivity index (χ4n) is 5.65. The summed E-state index contributed by atoms with van der Waals surface area (Å²) in [5.74, 6) is 2.04. The fraction of sp³-hybridized carbons (Fsp3) is 0.724. The number of hydrogen-bond acceptors (Lipinski definition) is 5. The molecule has 0 radical (unpaired) electrons. The van der Waals surface area contributed by atoms with Crippen molar-refractivity contribution >= 4 is 35.0 Å². The number of rotatable bonds is 5. The van der Waals surface area contributed by atoms with Crippen LogP contribution in [0.15, 0.2) is 11.1 Å². The predicted molar refractivity (Wildman–Crippen MR) is 148 cm³/mol. The van der Waals surface area contributed by atoms with Gasteiger partial charge in [0, 0.05) is 25.6 Å². The number of piperidine rings is 1. The summed E-state index contributed by atoms with van der Waals surface area (Å²) in [5.41, 5.74) is 2.25. The Hall–Kier alpha value is -2.15. The molecule has 1 saturated heterocycles. The molecule has 4 rings (SSSR count). The lowest BCUT2D eigenvalue weighted by Gasteiger charge is -2.33. The number of halogens is 1. The summed E-state index contributed by atoms with van der Waals surface area (Å²) in [7, 11) is 0. The molecule has 1 aromatic rings. The number of amidine groups is 1. The molecular weight excluding hydrogens is 488 g/mol. The maximum atomic E-state index is 13.7. The number of Topliss-reactive ketones (excluding diaryl/α,β-unsaturated/α-hetero) is 1. The van der Waals surface area contributed by atoms with Gasteiger partial charge in [-0.2, -0.15) is 0 Å². The number of anilines is 1. The van der Waals surface area contributed by atoms with Crippen LogP contribution in [-0.4, -0.2) is 52.8 Å². The van der Waals surface area contributed by atoms with Crippen molar-refractivity contribution in [3.63, 3.8) is 0 Å². The largest absolute Gasteiger partial charge is 0.444 e. The van der Waals surface area contributed by atoms with E-state index >= 15 is 0 Å². The molecule has 2 aliphatic heterocycles. The third kappa shape index (κ3) is 6.84. The summed E-state index contributed by atoms with van der Waals surface area (Å²) in [6.07, 6.45) is 5.44. The molecule has 7 nitrogen and oxygen atoms in total. The van der Waals surface area contributed by atoms with Crippen molar-refractivity contribution in [2.24, 2.45) is 34.6 Å². The number of fused-ring (bicyclic) bond motifs is 1. The van der Waals surface area contributed by atoms with Crippen molar-refractivity contribution in [3.05, 3.63) is 22.5 Å². The maximum absolute atomic E-state index is 13.7. The number of carbonyl (C=O) groups is 2. The van der Waals surface area contributed by atoms with Gasteiger partial charge in [0.25, 0.3) is 0 Å². The minimum Gasteiger partial charge on any atom is -0.444 e. The first kappa shape index (κ1) is 27.9. The molecule has 0 spiro atoms. The van der Waals surface area contributed by atoms with E-state index in [9.17, 15) is 9.59 Å². The van der Waals surface area contributed by atoms with Crippen LogP contribution in [0.25, 0.3) is 0 Å². The minimum absolute atomic E-state index is 0.0855. The van der Waals surface area contributed by atoms with Crippen LogP contribution in [0.2, 0.25) is 5.15 Å². The molecule has 3 heterocycles. The van der Waals surface area contributed by atoms with Crippen molar-refractivity contribution in [1.29, 1.82) is 0 Å². The van der Waals surface area contributed by atoms with Gasteiger partial charge >= 0.3 is 6.09 Å². The van der Waals surface area contributed by atoms with Gasteiger partial charge in [-0.15, -0.1) is 0 Å². The van der Waals surface area contributed by atoms with Gasteiger partial charge in [-0.1, -0.05) is 32.4 Å². The molecule has 0 aromatic carbocycles. The van der Waals surface area contributed by atoms with Gasteiger partial charge in [0.2, 0.25) is 5.78 Å². The van der Waals surface area contributed by atoms with Crippen molar-refractivity contribution < 1.29 is 14.3 Å². The van der Waals surface area contributed by atoms with Crippen LogP contribution in [0, 0.1) is 29.6 Å². The van der Waals surface area contributed by atoms with Crippen LogP contribution in [0.1, 0.15) is 78.5 Å². The number of ether oxygens (including phenoxy) is 1. The first-order valence-electron chi connectivity index (χ1n) is 14.0. The average molecular weight is 531 g/mol. The van der Waals surface area contributed by atoms with Crippen molar-refractivity contribution in [2.45, 2.75) is 85.7 Å². The second kappa shape index (κ2) is 11.3. The first-order valence-corrected chi connectivity index (χ1v) is 14.4. The molecule has 3 aliphatic rings. The van der Waals surface area contributed by atoms with E-state index in [0.717, 1.165) is 42.6 Å². The summed E-state index contributed by atoms with van der Waals surface area (Å²) in [6.45, 7) is 13.9. The zero-order chi connectivity index (χ0) is 26.9. The number of nitrogens with zero attached hydrogens (tertiary/aromatic N) is 3. The third-order valence-corrected chi connectivity index (χ3v) is 8.62. The Bertz CT molecular complexity index is 1040. The minimum atomic E-state index is -0.497. The quantitative estimate of drug-likeness (QED) is 0.459. The molecule has 1 saturated carbocycles. The number of aromatic nitrogens is 1. The first-order chi connectivity index (χ1) is 17.5. The molecule has 204 valence electrons. The Labute approximate surface area is 226 Å². The molecule has 1 aromatic heterocycles. The number of aliphatic imine (C=N–C) groups is 1. The van der Waals surface area contributed by atoms with Gasteiger partial charge in [0.05, 0.1) is 11.4 Å². The van der Waals surface area contributed by atoms with Crippen LogP contribution in [0.4, 0.5) is 10.5 Å². The number of carbonyl (C=O) groups excluding carboxylic acids is 2. The summed E-state index contributed by atoms with van der Waals surface area (Å²) >= 11 is 6.52. The lowest BCUT2D eigenvalue weighted by atomic mass is 9.75. The number of amides is 1. The molecule has 37 heavy (non-hydrogen) atoms. The highest BCUT2D eigenvalue weighted by Crippen LogP contribution is 2.44. The number of pyridine rings is 1. The second-order valence-corrected chi connectivity index (χ2v) is 12.6. The second-order valence-electron chi connectivity index (χ2n) is 12.2. The number of ketones is 1. The van der Waals surface area contributed by atoms with E-state index in [0.29, 0.717) is 48.4 Å². The lowest BCUT2D eigenvalue weighted by Crippen LogP contribution is -2.42. The Morgan fingerprint density at radius 3 is 2.54 bits per heavy atom. The predicted octanol–water partition coefficient (Wildman–Crippen LogP) is 6.18. The highest BCUT2D eigenvalue weighted by atomic mass is 35.5. The maximum Gasteiger partial charge on any atom is 0.410 e. The third-order valence-electron chi connectivity index (χ3n) is 8.29. The average Bonchev–Trinajstić information content (AvgIpc) is 3.69. The van der Waals surface area contributed by atoms with Gasteiger partial charge in [0.15, 0.2) is 5.84 Å². The zero-order valence-corrected chi connectivity index (χ0v) is 24.0. The molecule has 1 aliphatic carbocycles. The Morgan fingerprint density at radius 1 is 1.27 bits per heavy atom. The summed E-state index contributed by atoms with van der Waals surface area (Å²) in [4.78, 5) is 37.6. The standard InChI is InChI=1S/C29H43ClN4O3/c1-7-20-14-23-24(32-26(20)30)15-22(17(2)21-8-9-21)18(3)25(35)27(33-23)31-16-19-10-12-34(13-11-19)28(36)37-29(4,5)6/h14,17-19,21-22H,7-13,15-16H2,1-6H3,(H,31,33). The van der Waals surface area contributed by atoms with E-state index in [-0.39, 0.29) is 23.7 Å². The van der Waals surface area contributed by atoms with Crippen LogP contribution in [-0.2, 0) is 22.4 Å². The Balaban J connectivity index is 1.51. The van der Waals surface area contributed by atoms with Gasteiger partial charge in [0.1, 0.15) is 10.8 Å². The molecule has 8 heteroatoms. The van der Waals surface area contributed by atoms with Crippen molar-refractivity contribution in [3.8, 4) is 0 Å². The van der Waals surface area contributed by atoms with E-state index in [1.54, 1.807) is 4.90 Å². The van der Waals surface area contributed by atoms with Crippen LogP contribution in [0.3, 0.4) is 0 Å². The number of likely N-dealkylation sites (tertiary alicyclic amines) is 1. The molecule has 0 bridgehead atoms. The van der Waals surface area contributed by atoms with Gasteiger partial charge in [-0.3, -0.25) is 9.79 Å². The highest BCUT2D eigenvalue weighted by Gasteiger charge is 2.40. The van der Waals surface area contributed by atoms with E-state index in [4.69, 9.17) is 26.3 Å². The number of nitrogens with one attached hydrogen (secondary N) is 1. The van der Waals surface area contributed by atoms with Gasteiger partial charge in [-0.05, 0) is 94.6 Å². The lowest BCUT2D eigenvalue weighted by molar-refractivity contribution is -0.118. The summed E-state index contributed by atoms with van der Waals surface area (Å²) < 4.78 is 5.52. The Kier molecular flexibility index (Phi) is 8.51. The van der Waals surface area contributed by atoms with Gasteiger partial charge in [-0.25, -0.2) is 9.78 Å². The molecule has 1 N–H and O–H groups in total. The van der Waals surface area contributed by atoms with Crippen molar-refractivity contribution in [1.82, 2.24) is 9.88 Å². The molecule has 2 fully saturated rings. The van der Waals surface area contributed by atoms with E-state index < -0.39 is 5.60 Å². The fourth-order valence-corrected chi connectivity index (χ4v) is 5.94. The van der Waals surface area contributed by atoms with Crippen molar-refractivity contribution in [2.75, 3.05) is 25.0 Å². The molecule has 3 unspecified atom stereocenters. The summed E-state index contributed by atoms with van der Waals surface area (Å²) in [6, 6.07) is 2.04. The Morgan fingerprint density at radius 2 is 1.95 bits per heavy atom. The SMILES string of the molecule is CCc1cc2c(nc1Cl)CC(C(C)C1CC1)C(C)C(=O)C(=NCC1CCN(C(=O)OC(C)(C)C)CC1)N2. The van der Waals surface area contributed by atoms with Gasteiger partial charge < -0.3 is 15.0 Å². The molecule has 1 amide bonds. The summed E-state index contributed by atoms with van der Waals surface area (Å²) in [5, 5.41) is 3.92. The van der Waals surface area contributed by atoms with E-state index in [1.165, 1.54) is 12.8 Å². The molecular formula is C29H43ClN4O3. The molecule has 3 atom stereocenters. The topological polar surface area (TPSA) is 83.9 Å². The normalized spacial score (nSPS) is 25.2. The monoisotopic (exact) mass is 530 g/mol.